The van der Waals surface area contributed by atoms with Crippen molar-refractivity contribution < 1.29 is 4.79 Å². The average Bonchev–Trinajstić information content (AvgIpc) is 3.04. The Labute approximate surface area is 136 Å². The first kappa shape index (κ1) is 15.7. The summed E-state index contributed by atoms with van der Waals surface area (Å²) in [7, 11) is 1.96. The minimum absolute atomic E-state index is 0.0464. The summed E-state index contributed by atoms with van der Waals surface area (Å²) in [5.41, 5.74) is 3.23. The summed E-state index contributed by atoms with van der Waals surface area (Å²) < 4.78 is 3.90. The summed E-state index contributed by atoms with van der Waals surface area (Å²) in [5.74, 6) is 0.0464. The Balaban J connectivity index is 1.80. The maximum atomic E-state index is 12.5. The van der Waals surface area contributed by atoms with E-state index in [1.165, 1.54) is 0 Å². The Hall–Kier alpha value is -2.15. The molecule has 2 aromatic heterocycles. The molecule has 0 saturated heterocycles. The molecule has 2 aromatic rings. The normalized spacial score (nSPS) is 18.2. The molecular formula is C16H24N6O. The minimum atomic E-state index is -0.238. The number of nitrogens with zero attached hydrogens (tertiary/aromatic N) is 5. The molecule has 0 radical (unpaired) electrons. The highest BCUT2D eigenvalue weighted by Crippen LogP contribution is 2.23. The topological polar surface area (TPSA) is 68.0 Å². The zero-order chi connectivity index (χ0) is 16.6. The van der Waals surface area contributed by atoms with Crippen molar-refractivity contribution in [3.05, 3.63) is 35.7 Å². The van der Waals surface area contributed by atoms with Gasteiger partial charge in [-0.2, -0.15) is 5.10 Å². The highest BCUT2D eigenvalue weighted by Gasteiger charge is 2.30. The van der Waals surface area contributed by atoms with Gasteiger partial charge in [0, 0.05) is 38.9 Å². The number of nitrogens with one attached hydrogen (secondary N) is 1. The van der Waals surface area contributed by atoms with E-state index >= 15 is 0 Å². The molecule has 0 aromatic carbocycles. The molecule has 7 nitrogen and oxygen atoms in total. The standard InChI is InChI=1S/C16H24N6O/c1-11(2)18-16(23)15-9-21(8-14-6-17-10-22(14)15)7-13-5-12(3)19-20(13)4/h5-6,10-11,15H,7-9H2,1-4H3,(H,18,23). The van der Waals surface area contributed by atoms with Gasteiger partial charge in [-0.15, -0.1) is 0 Å². The quantitative estimate of drug-likeness (QED) is 0.914. The fourth-order valence-electron chi connectivity index (χ4n) is 3.11. The van der Waals surface area contributed by atoms with Gasteiger partial charge in [-0.25, -0.2) is 4.98 Å². The van der Waals surface area contributed by atoms with Crippen molar-refractivity contribution >= 4 is 5.91 Å². The lowest BCUT2D eigenvalue weighted by atomic mass is 10.1. The fraction of sp³-hybridized carbons (Fsp3) is 0.562. The van der Waals surface area contributed by atoms with Crippen LogP contribution >= 0.6 is 0 Å². The van der Waals surface area contributed by atoms with Crippen molar-refractivity contribution in [3.63, 3.8) is 0 Å². The molecule has 0 spiro atoms. The number of carbonyl (C=O) groups is 1. The number of hydrogen-bond acceptors (Lipinski definition) is 4. The molecule has 7 heteroatoms. The Morgan fingerprint density at radius 3 is 2.91 bits per heavy atom. The third kappa shape index (κ3) is 3.29. The van der Waals surface area contributed by atoms with Crippen LogP contribution in [-0.4, -0.2) is 42.7 Å². The average molecular weight is 316 g/mol. The fourth-order valence-corrected chi connectivity index (χ4v) is 3.11. The highest BCUT2D eigenvalue weighted by atomic mass is 16.2. The molecule has 1 N–H and O–H groups in total. The molecule has 1 unspecified atom stereocenters. The Morgan fingerprint density at radius 2 is 2.26 bits per heavy atom. The Bertz CT molecular complexity index is 701. The second kappa shape index (κ2) is 6.16. The highest BCUT2D eigenvalue weighted by molar-refractivity contribution is 5.81. The van der Waals surface area contributed by atoms with E-state index in [1.54, 1.807) is 6.33 Å². The molecule has 0 aliphatic carbocycles. The van der Waals surface area contributed by atoms with Gasteiger partial charge in [-0.05, 0) is 26.8 Å². The molecule has 0 saturated carbocycles. The summed E-state index contributed by atoms with van der Waals surface area (Å²) in [6.07, 6.45) is 3.60. The first-order valence-corrected chi connectivity index (χ1v) is 7.97. The lowest BCUT2D eigenvalue weighted by Gasteiger charge is -2.34. The van der Waals surface area contributed by atoms with Gasteiger partial charge in [-0.1, -0.05) is 0 Å². The van der Waals surface area contributed by atoms with Gasteiger partial charge in [0.1, 0.15) is 6.04 Å². The lowest BCUT2D eigenvalue weighted by Crippen LogP contribution is -2.45. The molecular weight excluding hydrogens is 292 g/mol. The zero-order valence-corrected chi connectivity index (χ0v) is 14.2. The van der Waals surface area contributed by atoms with E-state index in [0.717, 1.165) is 30.2 Å². The zero-order valence-electron chi connectivity index (χ0n) is 14.2. The smallest absolute Gasteiger partial charge is 0.244 e. The third-order valence-corrected chi connectivity index (χ3v) is 4.12. The van der Waals surface area contributed by atoms with Crippen LogP contribution in [0, 0.1) is 6.92 Å². The number of hydrogen-bond donors (Lipinski definition) is 1. The lowest BCUT2D eigenvalue weighted by molar-refractivity contribution is -0.126. The maximum Gasteiger partial charge on any atom is 0.244 e. The molecule has 23 heavy (non-hydrogen) atoms. The molecule has 1 atom stereocenters. The first-order chi connectivity index (χ1) is 10.9. The van der Waals surface area contributed by atoms with Gasteiger partial charge in [0.25, 0.3) is 0 Å². The number of imidazole rings is 1. The van der Waals surface area contributed by atoms with Gasteiger partial charge in [-0.3, -0.25) is 14.4 Å². The van der Waals surface area contributed by atoms with E-state index in [4.69, 9.17) is 0 Å². The van der Waals surface area contributed by atoms with Crippen LogP contribution in [-0.2, 0) is 24.9 Å². The summed E-state index contributed by atoms with van der Waals surface area (Å²) in [4.78, 5) is 19.0. The molecule has 1 aliphatic rings. The summed E-state index contributed by atoms with van der Waals surface area (Å²) in [5, 5.41) is 7.41. The van der Waals surface area contributed by atoms with Crippen LogP contribution in [0.4, 0.5) is 0 Å². The van der Waals surface area contributed by atoms with Crippen LogP contribution in [0.5, 0.6) is 0 Å². The molecule has 3 heterocycles. The van der Waals surface area contributed by atoms with Crippen LogP contribution in [0.3, 0.4) is 0 Å². The SMILES string of the molecule is Cc1cc(CN2Cc3cncn3C(C(=O)NC(C)C)C2)n(C)n1. The van der Waals surface area contributed by atoms with Crippen molar-refractivity contribution in [2.75, 3.05) is 6.54 Å². The predicted octanol–water partition coefficient (Wildman–Crippen LogP) is 1.01. The number of aryl methyl sites for hydroxylation is 2. The number of rotatable bonds is 4. The first-order valence-electron chi connectivity index (χ1n) is 7.97. The number of aromatic nitrogens is 4. The van der Waals surface area contributed by atoms with Crippen LogP contribution in [0.15, 0.2) is 18.6 Å². The molecule has 0 bridgehead atoms. The summed E-state index contributed by atoms with van der Waals surface area (Å²) >= 11 is 0. The van der Waals surface area contributed by atoms with Gasteiger partial charge < -0.3 is 9.88 Å². The largest absolute Gasteiger partial charge is 0.352 e. The van der Waals surface area contributed by atoms with E-state index in [1.807, 2.05) is 43.3 Å². The van der Waals surface area contributed by atoms with Gasteiger partial charge in [0.2, 0.25) is 5.91 Å². The van der Waals surface area contributed by atoms with Crippen molar-refractivity contribution in [3.8, 4) is 0 Å². The van der Waals surface area contributed by atoms with E-state index in [-0.39, 0.29) is 18.0 Å². The second-order valence-electron chi connectivity index (χ2n) is 6.54. The number of amides is 1. The number of carbonyl (C=O) groups excluding carboxylic acids is 1. The van der Waals surface area contributed by atoms with Crippen molar-refractivity contribution in [1.29, 1.82) is 0 Å². The van der Waals surface area contributed by atoms with Crippen LogP contribution < -0.4 is 5.32 Å². The Kier molecular flexibility index (Phi) is 4.21. The summed E-state index contributed by atoms with van der Waals surface area (Å²) in [6, 6.07) is 1.98. The minimum Gasteiger partial charge on any atom is -0.352 e. The van der Waals surface area contributed by atoms with Crippen molar-refractivity contribution in [1.82, 2.24) is 29.5 Å². The Morgan fingerprint density at radius 1 is 1.48 bits per heavy atom. The van der Waals surface area contributed by atoms with Gasteiger partial charge >= 0.3 is 0 Å². The third-order valence-electron chi connectivity index (χ3n) is 4.12. The monoisotopic (exact) mass is 316 g/mol. The van der Waals surface area contributed by atoms with Crippen LogP contribution in [0.2, 0.25) is 0 Å². The van der Waals surface area contributed by atoms with Crippen molar-refractivity contribution in [2.45, 2.75) is 45.9 Å². The van der Waals surface area contributed by atoms with Gasteiger partial charge in [0.15, 0.2) is 0 Å². The molecule has 124 valence electrons. The molecule has 1 aliphatic heterocycles. The summed E-state index contributed by atoms with van der Waals surface area (Å²) in [6.45, 7) is 8.18. The van der Waals surface area contributed by atoms with E-state index in [2.05, 4.69) is 26.4 Å². The predicted molar refractivity (Wildman–Crippen MR) is 86.6 cm³/mol. The second-order valence-corrected chi connectivity index (χ2v) is 6.54. The van der Waals surface area contributed by atoms with Crippen LogP contribution in [0.25, 0.3) is 0 Å². The van der Waals surface area contributed by atoms with Crippen molar-refractivity contribution in [2.24, 2.45) is 7.05 Å². The maximum absolute atomic E-state index is 12.5. The van der Waals surface area contributed by atoms with Gasteiger partial charge in [0.05, 0.1) is 23.4 Å². The molecule has 1 amide bonds. The molecule has 3 rings (SSSR count). The van der Waals surface area contributed by atoms with Crippen LogP contribution in [0.1, 0.15) is 37.0 Å². The van der Waals surface area contributed by atoms with E-state index in [0.29, 0.717) is 6.54 Å². The molecule has 0 fully saturated rings. The number of fused-ring (bicyclic) bond motifs is 1. The van der Waals surface area contributed by atoms with E-state index < -0.39 is 0 Å². The van der Waals surface area contributed by atoms with E-state index in [9.17, 15) is 4.79 Å².